The summed E-state index contributed by atoms with van der Waals surface area (Å²) in [5, 5.41) is 9.06. The number of hydrogen-bond acceptors (Lipinski definition) is 12. The number of ether oxygens (including phenoxy) is 7. The number of thiophene rings is 1. The molecule has 0 atom stereocenters. The largest absolute Gasteiger partial charge is 0.489 e. The highest BCUT2D eigenvalue weighted by Gasteiger charge is 2.14. The van der Waals surface area contributed by atoms with Crippen molar-refractivity contribution in [3.8, 4) is 40.6 Å². The quantitative estimate of drug-likeness (QED) is 0.0159. The number of aliphatic hydroxyl groups excluding tert-OH is 1. The van der Waals surface area contributed by atoms with Gasteiger partial charge in [0.15, 0.2) is 0 Å². The molecule has 0 amide bonds. The van der Waals surface area contributed by atoms with Gasteiger partial charge in [-0.1, -0.05) is 97.5 Å². The molecule has 0 aliphatic rings. The van der Waals surface area contributed by atoms with Crippen LogP contribution in [-0.4, -0.2) is 36.7 Å². The minimum absolute atomic E-state index is 0.107. The van der Waals surface area contributed by atoms with Crippen LogP contribution in [0.5, 0.6) is 28.7 Å². The zero-order chi connectivity index (χ0) is 61.3. The van der Waals surface area contributed by atoms with Crippen molar-refractivity contribution in [1.82, 2.24) is 0 Å². The van der Waals surface area contributed by atoms with Gasteiger partial charge in [-0.15, -0.1) is 11.3 Å². The van der Waals surface area contributed by atoms with E-state index in [4.69, 9.17) is 28.8 Å². The highest BCUT2D eigenvalue weighted by Crippen LogP contribution is 2.28. The average molecular weight is 1210 g/mol. The smallest absolute Gasteiger partial charge is 0.344 e. The fourth-order valence-corrected chi connectivity index (χ4v) is 9.19. The van der Waals surface area contributed by atoms with Gasteiger partial charge in [0.25, 0.3) is 0 Å². The summed E-state index contributed by atoms with van der Waals surface area (Å²) in [5.41, 5.74) is 6.80. The van der Waals surface area contributed by atoms with E-state index in [9.17, 15) is 35.9 Å². The van der Waals surface area contributed by atoms with Crippen molar-refractivity contribution in [3.05, 3.63) is 260 Å². The Morgan fingerprint density at radius 1 is 0.494 bits per heavy atom. The molecule has 8 aromatic rings. The lowest BCUT2D eigenvalue weighted by atomic mass is 10.1. The number of carbonyl (C=O) groups excluding carboxylic acids is 2. The van der Waals surface area contributed by atoms with Gasteiger partial charge in [0.05, 0.1) is 16.0 Å². The highest BCUT2D eigenvalue weighted by molar-refractivity contribution is 7.13. The molecular weight excluding hydrogens is 1150 g/mol. The van der Waals surface area contributed by atoms with Crippen molar-refractivity contribution < 1.29 is 74.2 Å². The molecule has 0 radical (unpaired) electrons. The maximum Gasteiger partial charge on any atom is 0.344 e. The van der Waals surface area contributed by atoms with E-state index in [1.165, 1.54) is 54.2 Å². The topological polar surface area (TPSA) is 122 Å². The van der Waals surface area contributed by atoms with E-state index in [1.54, 1.807) is 65.9 Å². The van der Waals surface area contributed by atoms with Crippen LogP contribution in [0, 0.1) is 11.8 Å². The molecule has 18 heteroatoms. The van der Waals surface area contributed by atoms with Gasteiger partial charge in [0.2, 0.25) is 0 Å². The number of anilines is 1. The van der Waals surface area contributed by atoms with E-state index >= 15 is 0 Å². The molecule has 1 N–H and O–H groups in total. The fraction of sp³-hybridized carbons (Fsp3) is 0.188. The lowest BCUT2D eigenvalue weighted by molar-refractivity contribution is 0.0464. The monoisotopic (exact) mass is 1210 g/mol. The molecule has 0 saturated heterocycles. The number of nitrogens with zero attached hydrogens (tertiary/aromatic N) is 1. The highest BCUT2D eigenvalue weighted by atomic mass is 32.1. The van der Waals surface area contributed by atoms with Crippen LogP contribution in [0.2, 0.25) is 0 Å². The zero-order valence-electron chi connectivity index (χ0n) is 47.1. The van der Waals surface area contributed by atoms with Crippen LogP contribution in [0.15, 0.2) is 200 Å². The third-order valence-corrected chi connectivity index (χ3v) is 14.0. The van der Waals surface area contributed by atoms with Crippen LogP contribution in [-0.2, 0) is 42.5 Å². The van der Waals surface area contributed by atoms with Gasteiger partial charge in [-0.25, -0.2) is 9.59 Å². The predicted molar refractivity (Wildman–Crippen MR) is 321 cm³/mol. The number of rotatable bonds is 29. The van der Waals surface area contributed by atoms with Crippen molar-refractivity contribution in [2.45, 2.75) is 65.6 Å². The zero-order valence-corrected chi connectivity index (χ0v) is 47.9. The molecule has 0 aliphatic heterocycles. The molecule has 1 aromatic heterocycles. The van der Waals surface area contributed by atoms with E-state index in [-0.39, 0.29) is 62.3 Å². The summed E-state index contributed by atoms with van der Waals surface area (Å²) in [6, 6.07) is 45.6. The Morgan fingerprint density at radius 2 is 1.00 bits per heavy atom. The second-order valence-corrected chi connectivity index (χ2v) is 20.5. The summed E-state index contributed by atoms with van der Waals surface area (Å²) in [6.07, 6.45) is 3.13. The van der Waals surface area contributed by atoms with Crippen LogP contribution in [0.1, 0.15) is 102 Å². The summed E-state index contributed by atoms with van der Waals surface area (Å²) in [6.45, 7) is 4.40. The van der Waals surface area contributed by atoms with Crippen molar-refractivity contribution in [1.29, 1.82) is 0 Å². The van der Waals surface area contributed by atoms with Crippen molar-refractivity contribution >= 4 is 41.1 Å². The van der Waals surface area contributed by atoms with Gasteiger partial charge in [0, 0.05) is 41.9 Å². The lowest BCUT2D eigenvalue weighted by Gasteiger charge is -2.23. The van der Waals surface area contributed by atoms with Crippen LogP contribution in [0.4, 0.5) is 32.0 Å². The average Bonchev–Trinajstić information content (AvgIpc) is 4.10. The van der Waals surface area contributed by atoms with Crippen molar-refractivity contribution in [2.24, 2.45) is 0 Å². The maximum absolute atomic E-state index is 13.2. The molecule has 87 heavy (non-hydrogen) atoms. The maximum atomic E-state index is 13.2. The summed E-state index contributed by atoms with van der Waals surface area (Å²) in [5.74, 6) is 6.51. The summed E-state index contributed by atoms with van der Waals surface area (Å²) < 4.78 is 114. The van der Waals surface area contributed by atoms with Crippen LogP contribution < -0.4 is 28.6 Å². The lowest BCUT2D eigenvalue weighted by Crippen LogP contribution is -2.23. The number of carbonyl (C=O) groups is 2. The summed E-state index contributed by atoms with van der Waals surface area (Å²) >= 11 is 1.60. The molecule has 7 aromatic carbocycles. The van der Waals surface area contributed by atoms with Gasteiger partial charge in [-0.3, -0.25) is 0 Å². The minimum Gasteiger partial charge on any atom is -0.489 e. The van der Waals surface area contributed by atoms with Gasteiger partial charge < -0.3 is 43.2 Å². The molecule has 0 bridgehead atoms. The Hall–Kier alpha value is -9.70. The second kappa shape index (κ2) is 32.5. The van der Waals surface area contributed by atoms with Crippen LogP contribution >= 0.6 is 11.3 Å². The summed E-state index contributed by atoms with van der Waals surface area (Å²) in [7, 11) is 0. The molecule has 0 unspecified atom stereocenters. The third-order valence-electron chi connectivity index (χ3n) is 13.0. The molecule has 0 spiro atoms. The molecule has 0 aliphatic carbocycles. The first-order valence-corrected chi connectivity index (χ1v) is 28.4. The van der Waals surface area contributed by atoms with Crippen molar-refractivity contribution in [3.63, 3.8) is 0 Å². The van der Waals surface area contributed by atoms with Crippen LogP contribution in [0.3, 0.4) is 0 Å². The van der Waals surface area contributed by atoms with Gasteiger partial charge in [-0.2, -0.15) is 26.3 Å². The predicted octanol–water partition coefficient (Wildman–Crippen LogP) is 17.0. The van der Waals surface area contributed by atoms with Crippen LogP contribution in [0.25, 0.3) is 12.2 Å². The first-order valence-electron chi connectivity index (χ1n) is 27.6. The Balaban J connectivity index is 0.882. The van der Waals surface area contributed by atoms with E-state index in [1.807, 2.05) is 42.5 Å². The van der Waals surface area contributed by atoms with Gasteiger partial charge in [0.1, 0.15) is 61.8 Å². The first-order chi connectivity index (χ1) is 42.2. The minimum atomic E-state index is -2.58. The SMILES string of the molecule is CCN(CCCCCCO)c1ccc(/C=C/c2ccc(C#Cc3cccc(OCc4cc(OCc5ccc(C(=O)OCc6ccc(OC(F)=C(F)F)cc6)cc5)cc(OCc5ccc(C(=O)OCc6ccc(OC(F)=C(F)F)cc6)cc5)c4)c3)s2)cc1. The van der Waals surface area contributed by atoms with E-state index in [2.05, 4.69) is 75.6 Å². The Morgan fingerprint density at radius 3 is 1.53 bits per heavy atom. The number of hydrogen-bond donors (Lipinski definition) is 1. The summed E-state index contributed by atoms with van der Waals surface area (Å²) in [4.78, 5) is 30.1. The van der Waals surface area contributed by atoms with E-state index in [0.717, 1.165) is 70.8 Å². The number of aliphatic hydroxyl groups is 1. The molecule has 8 rings (SSSR count). The molecular formula is C69H59F6NO10S. The Bertz CT molecular complexity index is 3550. The third kappa shape index (κ3) is 20.5. The molecule has 0 fully saturated rings. The number of unbranched alkanes of at least 4 members (excludes halogenated alkanes) is 3. The molecule has 0 saturated carbocycles. The van der Waals surface area contributed by atoms with Gasteiger partial charge in [-0.05, 0) is 162 Å². The second-order valence-electron chi connectivity index (χ2n) is 19.4. The molecule has 11 nitrogen and oxygen atoms in total. The number of benzene rings is 7. The normalized spacial score (nSPS) is 10.8. The van der Waals surface area contributed by atoms with E-state index < -0.39 is 36.1 Å². The van der Waals surface area contributed by atoms with Crippen molar-refractivity contribution in [2.75, 3.05) is 24.6 Å². The molecule has 448 valence electrons. The fourth-order valence-electron chi connectivity index (χ4n) is 8.43. The Labute approximate surface area is 503 Å². The van der Waals surface area contributed by atoms with Gasteiger partial charge >= 0.3 is 36.1 Å². The first kappa shape index (κ1) is 63.3. The number of esters is 2. The molecule has 1 heterocycles. The standard InChI is InChI=1S/C69H59F6NO10S/c1-2-76(36-5-3-4-6-37-77)56-26-14-47(15-27-56)20-32-62-34-35-63(87-62)33-21-48-8-7-9-59(38-48)80-46-53-39-60(81-42-49-10-22-54(23-11-49)68(78)83-44-51-16-28-57(29-17-51)85-66(74)64(70)71)41-61(40-53)82-43-50-12-24-55(25-13-50)69(79)84-45-52-18-30-58(31-19-52)86-67(75)65(72)73/h7-20,22-32,34-35,38-41,77H,2-6,36-37,42-46H2,1H3/b32-20+. The number of halogens is 6. The van der Waals surface area contributed by atoms with E-state index in [0.29, 0.717) is 33.9 Å². The Kier molecular flexibility index (Phi) is 23.7.